The summed E-state index contributed by atoms with van der Waals surface area (Å²) in [5.41, 5.74) is 2.55. The summed E-state index contributed by atoms with van der Waals surface area (Å²) in [7, 11) is 0. The highest BCUT2D eigenvalue weighted by molar-refractivity contribution is 6.21. The quantitative estimate of drug-likeness (QED) is 0.176. The van der Waals surface area contributed by atoms with E-state index in [2.05, 4.69) is 6.07 Å². The molecule has 0 N–H and O–H groups in total. The van der Waals surface area contributed by atoms with Gasteiger partial charge in [0.2, 0.25) is 0 Å². The van der Waals surface area contributed by atoms with Crippen LogP contribution >= 0.6 is 0 Å². The van der Waals surface area contributed by atoms with Gasteiger partial charge in [-0.3, -0.25) is 4.57 Å². The Morgan fingerprint density at radius 1 is 0.449 bits per heavy atom. The van der Waals surface area contributed by atoms with Crippen molar-refractivity contribution in [3.05, 3.63) is 182 Å². The zero-order valence-electron chi connectivity index (χ0n) is 40.6. The lowest BCUT2D eigenvalue weighted by atomic mass is 9.85. The maximum atomic E-state index is 9.45. The summed E-state index contributed by atoms with van der Waals surface area (Å²) in [6.07, 6.45) is 0. The summed E-state index contributed by atoms with van der Waals surface area (Å²) in [4.78, 5) is 5.01. The molecule has 228 valence electrons. The second-order valence-corrected chi connectivity index (χ2v) is 11.6. The first kappa shape index (κ1) is 16.5. The average molecular weight is 638 g/mol. The van der Waals surface area contributed by atoms with Crippen LogP contribution in [0.2, 0.25) is 0 Å². The number of hydrogen-bond acceptors (Lipinski definition) is 1. The Morgan fingerprint density at radius 2 is 1.04 bits per heavy atom. The summed E-state index contributed by atoms with van der Waals surface area (Å²) in [5, 5.41) is 0.272. The minimum atomic E-state index is -0.739. The Balaban J connectivity index is 1.32. The molecule has 2 nitrogen and oxygen atoms in total. The van der Waals surface area contributed by atoms with Crippen LogP contribution in [0.4, 0.5) is 0 Å². The summed E-state index contributed by atoms with van der Waals surface area (Å²) in [6.45, 7) is 0. The molecule has 0 saturated carbocycles. The maximum absolute atomic E-state index is 9.45. The van der Waals surface area contributed by atoms with Gasteiger partial charge < -0.3 is 0 Å². The highest BCUT2D eigenvalue weighted by Crippen LogP contribution is 2.44. The number of para-hydroxylation sites is 2. The first-order valence-electron chi connectivity index (χ1n) is 23.1. The fourth-order valence-corrected chi connectivity index (χ4v) is 6.65. The third-order valence-corrected chi connectivity index (χ3v) is 8.86. The molecule has 0 fully saturated rings. The predicted molar refractivity (Wildman–Crippen MR) is 207 cm³/mol. The largest absolute Gasteiger partial charge is 0.292 e. The fraction of sp³-hybridized carbons (Fsp3) is 0. The van der Waals surface area contributed by atoms with Crippen molar-refractivity contribution in [2.75, 3.05) is 0 Å². The van der Waals surface area contributed by atoms with Gasteiger partial charge in [-0.05, 0) is 95.7 Å². The van der Waals surface area contributed by atoms with E-state index in [4.69, 9.17) is 17.3 Å². The Kier molecular flexibility index (Phi) is 3.73. The van der Waals surface area contributed by atoms with E-state index in [1.807, 2.05) is 65.2 Å². The number of hydrogen-bond donors (Lipinski definition) is 0. The summed E-state index contributed by atoms with van der Waals surface area (Å²) >= 11 is 0. The van der Waals surface area contributed by atoms with Gasteiger partial charge in [0.15, 0.2) is 0 Å². The molecule has 0 unspecified atom stereocenters. The van der Waals surface area contributed by atoms with Gasteiger partial charge in [-0.15, -0.1) is 0 Å². The van der Waals surface area contributed by atoms with Crippen LogP contribution in [0.5, 0.6) is 0 Å². The number of nitrogens with zero attached hydrogens (tertiary/aromatic N) is 2. The molecule has 0 aliphatic heterocycles. The van der Waals surface area contributed by atoms with E-state index >= 15 is 0 Å². The van der Waals surface area contributed by atoms with E-state index < -0.39 is 107 Å². The van der Waals surface area contributed by atoms with Gasteiger partial charge >= 0.3 is 0 Å². The molecule has 1 heterocycles. The van der Waals surface area contributed by atoms with Crippen LogP contribution in [-0.2, 0) is 0 Å². The molecule has 9 aromatic carbocycles. The van der Waals surface area contributed by atoms with Crippen molar-refractivity contribution in [1.82, 2.24) is 9.55 Å². The predicted octanol–water partition coefficient (Wildman–Crippen LogP) is 12.6. The van der Waals surface area contributed by atoms with Crippen LogP contribution in [0, 0.1) is 0 Å². The summed E-state index contributed by atoms with van der Waals surface area (Å²) in [6, 6.07) is 18.7. The van der Waals surface area contributed by atoms with Crippen LogP contribution in [0.1, 0.15) is 20.6 Å². The molecular weight excluding hydrogens is 593 g/mol. The third-order valence-electron chi connectivity index (χ3n) is 8.86. The smallest absolute Gasteiger partial charge is 0.145 e. The van der Waals surface area contributed by atoms with Crippen molar-refractivity contribution < 1.29 is 20.6 Å². The summed E-state index contributed by atoms with van der Waals surface area (Å²) in [5.74, 6) is 0.586. The van der Waals surface area contributed by atoms with Crippen molar-refractivity contribution >= 4 is 54.1 Å². The topological polar surface area (TPSA) is 17.8 Å². The maximum Gasteiger partial charge on any atom is 0.145 e. The molecule has 0 atom stereocenters. The van der Waals surface area contributed by atoms with Crippen LogP contribution in [-0.4, -0.2) is 9.55 Å². The first-order valence-corrected chi connectivity index (χ1v) is 15.6. The molecule has 1 aromatic heterocycles. The molecule has 0 spiro atoms. The highest BCUT2D eigenvalue weighted by Gasteiger charge is 2.18. The fourth-order valence-electron chi connectivity index (χ4n) is 6.65. The molecule has 0 aliphatic carbocycles. The minimum absolute atomic E-state index is 0.0224. The Morgan fingerprint density at radius 3 is 1.78 bits per heavy atom. The Bertz CT molecular complexity index is 3650. The lowest BCUT2D eigenvalue weighted by Crippen LogP contribution is -1.98. The lowest BCUT2D eigenvalue weighted by molar-refractivity contribution is 1.11. The van der Waals surface area contributed by atoms with Crippen LogP contribution in [0.25, 0.3) is 93.5 Å². The molecule has 10 rings (SSSR count). The third kappa shape index (κ3) is 4.46. The number of imidazole rings is 1. The SMILES string of the molecule is [2H]c1c([2H])c([2H])c2c([2H])c(-c3c4c([2H])c([2H])c([2H])c([2H])c4c(-c4ccc(-c5nc6ccccc6n5-c5ccc6ccccc6c5)cc4)c4c([2H])c([2H])c([2H])c([2H])c34)c([2H])c([2H])c2c1[2H]. The van der Waals surface area contributed by atoms with Crippen molar-refractivity contribution in [1.29, 1.82) is 0 Å². The standard InChI is InChI=1S/C47H30N2/c1-3-13-35-29-37(26-21-31(35)11-1)46-41-17-7-5-15-39(41)45(40-16-6-8-18-42(40)46)33-22-24-34(25-23-33)47-48-43-19-9-10-20-44(43)49(47)38-28-27-32-12-2-4-14-36(32)30-38/h1-30H/i1D,3D,5D,6D,7D,8D,11D,13D,15D,16D,17D,18D,21D,26D,29D. The van der Waals surface area contributed by atoms with Gasteiger partial charge in [0.05, 0.1) is 31.6 Å². The lowest BCUT2D eigenvalue weighted by Gasteiger charge is -2.18. The molecular formula is C47H30N2. The van der Waals surface area contributed by atoms with Gasteiger partial charge in [-0.1, -0.05) is 151 Å². The Labute approximate surface area is 305 Å². The van der Waals surface area contributed by atoms with Crippen molar-refractivity contribution in [3.63, 3.8) is 0 Å². The molecule has 49 heavy (non-hydrogen) atoms. The van der Waals surface area contributed by atoms with Crippen LogP contribution < -0.4 is 0 Å². The van der Waals surface area contributed by atoms with E-state index in [0.717, 1.165) is 27.5 Å². The molecule has 0 radical (unpaired) electrons. The van der Waals surface area contributed by atoms with Gasteiger partial charge in [-0.2, -0.15) is 0 Å². The van der Waals surface area contributed by atoms with E-state index in [1.54, 1.807) is 24.3 Å². The second-order valence-electron chi connectivity index (χ2n) is 11.6. The first-order chi connectivity index (χ1) is 30.5. The van der Waals surface area contributed by atoms with E-state index in [9.17, 15) is 8.22 Å². The zero-order valence-corrected chi connectivity index (χ0v) is 25.6. The zero-order chi connectivity index (χ0) is 45.4. The molecule has 0 saturated heterocycles. The average Bonchev–Trinajstić information content (AvgIpc) is 3.70. The Hall–Kier alpha value is -6.51. The minimum Gasteiger partial charge on any atom is -0.292 e. The number of fused-ring (bicyclic) bond motifs is 5. The molecule has 0 bridgehead atoms. The van der Waals surface area contributed by atoms with E-state index in [0.29, 0.717) is 17.0 Å². The second kappa shape index (κ2) is 11.0. The highest BCUT2D eigenvalue weighted by atomic mass is 15.1. The number of benzene rings is 9. The summed E-state index contributed by atoms with van der Waals surface area (Å²) < 4.78 is 136. The van der Waals surface area contributed by atoms with E-state index in [-0.39, 0.29) is 32.7 Å². The van der Waals surface area contributed by atoms with Crippen LogP contribution in [0.15, 0.2) is 182 Å². The van der Waals surface area contributed by atoms with Gasteiger partial charge in [0.1, 0.15) is 5.82 Å². The number of rotatable bonds is 4. The van der Waals surface area contributed by atoms with E-state index in [1.165, 1.54) is 0 Å². The van der Waals surface area contributed by atoms with Gasteiger partial charge in [0.25, 0.3) is 0 Å². The van der Waals surface area contributed by atoms with Crippen LogP contribution in [0.3, 0.4) is 0 Å². The van der Waals surface area contributed by atoms with Gasteiger partial charge in [0, 0.05) is 11.3 Å². The number of aromatic nitrogens is 2. The molecule has 0 amide bonds. The van der Waals surface area contributed by atoms with Crippen molar-refractivity contribution in [2.45, 2.75) is 0 Å². The molecule has 10 aromatic rings. The van der Waals surface area contributed by atoms with Crippen molar-refractivity contribution in [3.8, 4) is 39.3 Å². The monoisotopic (exact) mass is 637 g/mol. The normalized spacial score (nSPS) is 16.0. The van der Waals surface area contributed by atoms with Crippen molar-refractivity contribution in [2.24, 2.45) is 0 Å². The van der Waals surface area contributed by atoms with Gasteiger partial charge in [-0.25, -0.2) is 4.98 Å². The molecule has 2 heteroatoms. The molecule has 0 aliphatic rings.